The van der Waals surface area contributed by atoms with E-state index in [1.165, 1.54) is 5.56 Å². The number of rotatable bonds is 6. The van der Waals surface area contributed by atoms with Crippen LogP contribution in [0.1, 0.15) is 31.8 Å². The SMILES string of the molecule is Cc1ccc(C(=O)NNC(=O)c2ccc(OCCc3ccccc3)cc2)cc1Br. The Kier molecular flexibility index (Phi) is 7.03. The van der Waals surface area contributed by atoms with Crippen LogP contribution in [-0.2, 0) is 6.42 Å². The Labute approximate surface area is 178 Å². The molecule has 2 N–H and O–H groups in total. The second kappa shape index (κ2) is 9.89. The molecule has 0 radical (unpaired) electrons. The van der Waals surface area contributed by atoms with E-state index in [1.807, 2.05) is 31.2 Å². The van der Waals surface area contributed by atoms with Crippen LogP contribution in [0.25, 0.3) is 0 Å². The first-order valence-corrected chi connectivity index (χ1v) is 9.96. The van der Waals surface area contributed by atoms with Gasteiger partial charge in [0.2, 0.25) is 0 Å². The van der Waals surface area contributed by atoms with Crippen LogP contribution in [0.4, 0.5) is 0 Å². The van der Waals surface area contributed by atoms with Crippen LogP contribution in [-0.4, -0.2) is 18.4 Å². The average Bonchev–Trinajstić information content (AvgIpc) is 2.75. The van der Waals surface area contributed by atoms with Crippen LogP contribution < -0.4 is 15.6 Å². The van der Waals surface area contributed by atoms with Crippen molar-refractivity contribution in [2.45, 2.75) is 13.3 Å². The van der Waals surface area contributed by atoms with E-state index in [0.717, 1.165) is 16.5 Å². The first-order chi connectivity index (χ1) is 14.0. The maximum atomic E-state index is 12.2. The zero-order chi connectivity index (χ0) is 20.6. The molecule has 0 aliphatic rings. The Balaban J connectivity index is 1.48. The summed E-state index contributed by atoms with van der Waals surface area (Å²) in [4.78, 5) is 24.4. The van der Waals surface area contributed by atoms with Gasteiger partial charge in [-0.15, -0.1) is 0 Å². The van der Waals surface area contributed by atoms with Crippen LogP contribution in [0.15, 0.2) is 77.3 Å². The third-order valence-electron chi connectivity index (χ3n) is 4.34. The molecule has 5 nitrogen and oxygen atoms in total. The maximum absolute atomic E-state index is 12.2. The lowest BCUT2D eigenvalue weighted by Crippen LogP contribution is -2.41. The highest BCUT2D eigenvalue weighted by Gasteiger charge is 2.10. The average molecular weight is 453 g/mol. The lowest BCUT2D eigenvalue weighted by atomic mass is 10.1. The molecule has 0 aromatic heterocycles. The van der Waals surface area contributed by atoms with Crippen molar-refractivity contribution >= 4 is 27.7 Å². The summed E-state index contributed by atoms with van der Waals surface area (Å²) in [6, 6.07) is 22.1. The summed E-state index contributed by atoms with van der Waals surface area (Å²) in [7, 11) is 0. The first kappa shape index (κ1) is 20.6. The molecule has 29 heavy (non-hydrogen) atoms. The van der Waals surface area contributed by atoms with Crippen LogP contribution in [0.2, 0.25) is 0 Å². The van der Waals surface area contributed by atoms with E-state index in [4.69, 9.17) is 4.74 Å². The van der Waals surface area contributed by atoms with Gasteiger partial charge in [0.15, 0.2) is 0 Å². The number of ether oxygens (including phenoxy) is 1. The van der Waals surface area contributed by atoms with E-state index in [0.29, 0.717) is 23.5 Å². The standard InChI is InChI=1S/C23H21BrN2O3/c1-16-7-8-19(15-21(16)24)23(28)26-25-22(27)18-9-11-20(12-10-18)29-14-13-17-5-3-2-4-6-17/h2-12,15H,13-14H2,1H3,(H,25,27)(H,26,28). The molecule has 2 amide bonds. The van der Waals surface area contributed by atoms with Gasteiger partial charge in [-0.1, -0.05) is 52.3 Å². The molecule has 3 rings (SSSR count). The molecular formula is C23H21BrN2O3. The summed E-state index contributed by atoms with van der Waals surface area (Å²) >= 11 is 3.39. The third kappa shape index (κ3) is 5.93. The quantitative estimate of drug-likeness (QED) is 0.542. The van der Waals surface area contributed by atoms with Crippen molar-refractivity contribution in [1.29, 1.82) is 0 Å². The minimum atomic E-state index is -0.402. The fourth-order valence-corrected chi connectivity index (χ4v) is 3.00. The van der Waals surface area contributed by atoms with Gasteiger partial charge in [0.1, 0.15) is 5.75 Å². The molecule has 0 heterocycles. The van der Waals surface area contributed by atoms with E-state index in [2.05, 4.69) is 38.9 Å². The summed E-state index contributed by atoms with van der Waals surface area (Å²) in [6.45, 7) is 2.49. The molecule has 0 bridgehead atoms. The van der Waals surface area contributed by atoms with Crippen molar-refractivity contribution in [3.05, 3.63) is 99.5 Å². The minimum absolute atomic E-state index is 0.389. The fraction of sp³-hybridized carbons (Fsp3) is 0.130. The van der Waals surface area contributed by atoms with Crippen LogP contribution in [0.5, 0.6) is 5.75 Å². The van der Waals surface area contributed by atoms with E-state index in [-0.39, 0.29) is 5.91 Å². The van der Waals surface area contributed by atoms with Gasteiger partial charge in [-0.2, -0.15) is 0 Å². The smallest absolute Gasteiger partial charge is 0.269 e. The van der Waals surface area contributed by atoms with Gasteiger partial charge in [0, 0.05) is 22.0 Å². The summed E-state index contributed by atoms with van der Waals surface area (Å²) in [5.41, 5.74) is 7.95. The Morgan fingerprint density at radius 3 is 2.14 bits per heavy atom. The van der Waals surface area contributed by atoms with E-state index in [1.54, 1.807) is 36.4 Å². The number of hydrogen-bond acceptors (Lipinski definition) is 3. The van der Waals surface area contributed by atoms with Crippen molar-refractivity contribution in [2.75, 3.05) is 6.61 Å². The van der Waals surface area contributed by atoms with Crippen LogP contribution in [0.3, 0.4) is 0 Å². The number of hydrazine groups is 1. The number of halogens is 1. The molecule has 0 unspecified atom stereocenters. The fourth-order valence-electron chi connectivity index (χ4n) is 2.63. The molecule has 0 atom stereocenters. The van der Waals surface area contributed by atoms with Gasteiger partial charge in [-0.3, -0.25) is 20.4 Å². The lowest BCUT2D eigenvalue weighted by molar-refractivity contribution is 0.0846. The monoisotopic (exact) mass is 452 g/mol. The van der Waals surface area contributed by atoms with Gasteiger partial charge in [0.05, 0.1) is 6.61 Å². The van der Waals surface area contributed by atoms with Gasteiger partial charge >= 0.3 is 0 Å². The highest BCUT2D eigenvalue weighted by Crippen LogP contribution is 2.17. The summed E-state index contributed by atoms with van der Waals surface area (Å²) in [5, 5.41) is 0. The third-order valence-corrected chi connectivity index (χ3v) is 5.20. The van der Waals surface area contributed by atoms with Gasteiger partial charge in [-0.25, -0.2) is 0 Å². The van der Waals surface area contributed by atoms with Gasteiger partial charge < -0.3 is 4.74 Å². The number of nitrogens with one attached hydrogen (secondary N) is 2. The van der Waals surface area contributed by atoms with Crippen LogP contribution in [0, 0.1) is 6.92 Å². The normalized spacial score (nSPS) is 10.3. The molecule has 0 spiro atoms. The Morgan fingerprint density at radius 1 is 0.862 bits per heavy atom. The van der Waals surface area contributed by atoms with Crippen molar-refractivity contribution < 1.29 is 14.3 Å². The second-order valence-corrected chi connectivity index (χ2v) is 7.33. The molecule has 6 heteroatoms. The maximum Gasteiger partial charge on any atom is 0.269 e. The largest absolute Gasteiger partial charge is 0.493 e. The molecule has 0 saturated carbocycles. The molecule has 3 aromatic rings. The molecule has 0 fully saturated rings. The number of carbonyl (C=O) groups is 2. The Morgan fingerprint density at radius 2 is 1.48 bits per heavy atom. The Hall–Kier alpha value is -3.12. The predicted octanol–water partition coefficient (Wildman–Crippen LogP) is 4.45. The van der Waals surface area contributed by atoms with Gasteiger partial charge in [-0.05, 0) is 54.4 Å². The molecule has 0 saturated heterocycles. The van der Waals surface area contributed by atoms with Gasteiger partial charge in [0.25, 0.3) is 11.8 Å². The summed E-state index contributed by atoms with van der Waals surface area (Å²) in [6.07, 6.45) is 0.810. The predicted molar refractivity (Wildman–Crippen MR) is 116 cm³/mol. The molecule has 3 aromatic carbocycles. The zero-order valence-electron chi connectivity index (χ0n) is 15.9. The zero-order valence-corrected chi connectivity index (χ0v) is 17.5. The molecule has 0 aliphatic heterocycles. The number of aryl methyl sites for hydroxylation is 1. The molecular weight excluding hydrogens is 432 g/mol. The van der Waals surface area contributed by atoms with Crippen molar-refractivity contribution in [1.82, 2.24) is 10.9 Å². The first-order valence-electron chi connectivity index (χ1n) is 9.16. The molecule has 0 aliphatic carbocycles. The van der Waals surface area contributed by atoms with Crippen molar-refractivity contribution in [3.63, 3.8) is 0 Å². The van der Waals surface area contributed by atoms with Crippen molar-refractivity contribution in [3.8, 4) is 5.75 Å². The number of benzene rings is 3. The topological polar surface area (TPSA) is 67.4 Å². The highest BCUT2D eigenvalue weighted by atomic mass is 79.9. The number of amides is 2. The summed E-state index contributed by atoms with van der Waals surface area (Å²) in [5.74, 6) is -0.105. The summed E-state index contributed by atoms with van der Waals surface area (Å²) < 4.78 is 6.55. The number of hydrogen-bond donors (Lipinski definition) is 2. The number of carbonyl (C=O) groups excluding carboxylic acids is 2. The molecule has 148 valence electrons. The lowest BCUT2D eigenvalue weighted by Gasteiger charge is -2.10. The second-order valence-electron chi connectivity index (χ2n) is 6.48. The minimum Gasteiger partial charge on any atom is -0.493 e. The van der Waals surface area contributed by atoms with Crippen LogP contribution >= 0.6 is 15.9 Å². The Bertz CT molecular complexity index is 989. The van der Waals surface area contributed by atoms with E-state index >= 15 is 0 Å². The highest BCUT2D eigenvalue weighted by molar-refractivity contribution is 9.10. The van der Waals surface area contributed by atoms with E-state index in [9.17, 15) is 9.59 Å². The van der Waals surface area contributed by atoms with E-state index < -0.39 is 5.91 Å². The van der Waals surface area contributed by atoms with Crippen molar-refractivity contribution in [2.24, 2.45) is 0 Å².